The van der Waals surface area contributed by atoms with E-state index in [1.54, 1.807) is 0 Å². The van der Waals surface area contributed by atoms with Crippen LogP contribution < -0.4 is 21.2 Å². The molecule has 0 N–H and O–H groups in total. The fourth-order valence-corrected chi connectivity index (χ4v) is 11.6. The van der Waals surface area contributed by atoms with Crippen molar-refractivity contribution in [3.8, 4) is 0 Å². The van der Waals surface area contributed by atoms with E-state index in [0.29, 0.717) is 12.6 Å². The van der Waals surface area contributed by atoms with Gasteiger partial charge in [0.2, 0.25) is 0 Å². The third kappa shape index (κ3) is 6.70. The summed E-state index contributed by atoms with van der Waals surface area (Å²) in [7, 11) is -6.13. The minimum atomic E-state index is -3.07. The summed E-state index contributed by atoms with van der Waals surface area (Å²) in [6, 6.07) is 33.0. The zero-order valence-electron chi connectivity index (χ0n) is 24.9. The first-order chi connectivity index (χ1) is 19.7. The fourth-order valence-electron chi connectivity index (χ4n) is 6.00. The van der Waals surface area contributed by atoms with Gasteiger partial charge in [0, 0.05) is 27.3 Å². The molecule has 1 aliphatic carbocycles. The van der Waals surface area contributed by atoms with Gasteiger partial charge in [-0.2, -0.15) is 0 Å². The molecule has 0 spiro atoms. The van der Waals surface area contributed by atoms with E-state index < -0.39 is 14.3 Å². The van der Waals surface area contributed by atoms with Crippen LogP contribution in [0.15, 0.2) is 97.1 Å². The first kappa shape index (κ1) is 29.8. The molecule has 4 aromatic rings. The highest BCUT2D eigenvalue weighted by Gasteiger charge is 2.38. The molecule has 0 aliphatic heterocycles. The molecule has 1 fully saturated rings. The molecule has 0 amide bonds. The van der Waals surface area contributed by atoms with Crippen LogP contribution in [-0.4, -0.2) is 23.5 Å². The van der Waals surface area contributed by atoms with Crippen LogP contribution in [0.1, 0.15) is 54.4 Å². The fraction of sp³-hybridized carbons (Fsp3) is 0.333. The Morgan fingerprint density at radius 2 is 0.756 bits per heavy atom. The van der Waals surface area contributed by atoms with E-state index in [1.807, 2.05) is 48.5 Å². The lowest BCUT2D eigenvalue weighted by Crippen LogP contribution is -2.42. The Kier molecular flexibility index (Phi) is 9.20. The van der Waals surface area contributed by atoms with E-state index in [4.69, 9.17) is 0 Å². The summed E-state index contributed by atoms with van der Waals surface area (Å²) in [6.45, 7) is 8.26. The smallest absolute Gasteiger partial charge is 0.156 e. The van der Waals surface area contributed by atoms with Crippen molar-refractivity contribution in [1.82, 2.24) is 4.90 Å². The molecule has 0 radical (unpaired) electrons. The van der Waals surface area contributed by atoms with Crippen LogP contribution in [-0.2, 0) is 9.13 Å². The maximum Gasteiger partial charge on any atom is 0.156 e. The zero-order chi connectivity index (χ0) is 29.0. The molecule has 214 valence electrons. The van der Waals surface area contributed by atoms with Gasteiger partial charge in [-0.15, -0.1) is 0 Å². The molecule has 1 aliphatic rings. The van der Waals surface area contributed by atoms with Crippen molar-refractivity contribution in [2.24, 2.45) is 0 Å². The van der Waals surface area contributed by atoms with Gasteiger partial charge in [-0.05, 0) is 40.5 Å². The van der Waals surface area contributed by atoms with Gasteiger partial charge in [-0.25, -0.2) is 0 Å². The number of hydrogen-bond donors (Lipinski definition) is 0. The van der Waals surface area contributed by atoms with E-state index in [9.17, 15) is 0 Å². The summed E-state index contributed by atoms with van der Waals surface area (Å²) in [6.07, 6.45) is 6.38. The maximum absolute atomic E-state index is 15.4. The van der Waals surface area contributed by atoms with Gasteiger partial charge in [-0.3, -0.25) is 4.90 Å². The first-order valence-electron chi connectivity index (χ1n) is 14.9. The number of rotatable bonds is 9. The van der Waals surface area contributed by atoms with E-state index in [1.165, 1.54) is 6.42 Å². The van der Waals surface area contributed by atoms with E-state index in [-0.39, 0.29) is 6.04 Å². The molecule has 0 heterocycles. The normalized spacial score (nSPS) is 14.9. The highest BCUT2D eigenvalue weighted by molar-refractivity contribution is 7.79. The van der Waals surface area contributed by atoms with Crippen molar-refractivity contribution < 1.29 is 9.13 Å². The van der Waals surface area contributed by atoms with Crippen molar-refractivity contribution in [3.63, 3.8) is 0 Å². The minimum absolute atomic E-state index is 0.247. The van der Waals surface area contributed by atoms with Crippen LogP contribution in [0.2, 0.25) is 0 Å². The monoisotopic (exact) mass is 583 g/mol. The molecule has 0 unspecified atom stereocenters. The predicted octanol–water partition coefficient (Wildman–Crippen LogP) is 7.80. The molecule has 4 aromatic carbocycles. The standard InChI is InChI=1S/C36H43NO2P2/c1-28-10-18-33(19-11-28)40(38,34-20-12-29(2)13-21-34)26-37(32-8-6-5-7-9-32)27-41(39,35-22-14-30(3)15-23-35)36-24-16-31(4)17-25-36/h10-25,32H,5-9,26-27H2,1-4H3. The summed E-state index contributed by atoms with van der Waals surface area (Å²) in [5.74, 6) is 0. The van der Waals surface area contributed by atoms with Gasteiger partial charge in [0.05, 0.1) is 12.6 Å². The Morgan fingerprint density at radius 3 is 1.02 bits per heavy atom. The topological polar surface area (TPSA) is 37.4 Å². The average molecular weight is 584 g/mol. The van der Waals surface area contributed by atoms with Gasteiger partial charge in [0.1, 0.15) is 0 Å². The molecule has 1 saturated carbocycles. The van der Waals surface area contributed by atoms with E-state index >= 15 is 9.13 Å². The SMILES string of the molecule is Cc1ccc(P(=O)(CN(CP(=O)(c2ccc(C)cc2)c2ccc(C)cc2)C2CCCCC2)c2ccc(C)cc2)cc1. The van der Waals surface area contributed by atoms with Crippen molar-refractivity contribution in [3.05, 3.63) is 119 Å². The van der Waals surface area contributed by atoms with Crippen LogP contribution in [0.3, 0.4) is 0 Å². The third-order valence-electron chi connectivity index (χ3n) is 8.66. The zero-order valence-corrected chi connectivity index (χ0v) is 26.7. The van der Waals surface area contributed by atoms with Crippen molar-refractivity contribution >= 4 is 35.5 Å². The van der Waals surface area contributed by atoms with Gasteiger partial charge < -0.3 is 9.13 Å². The largest absolute Gasteiger partial charge is 0.312 e. The van der Waals surface area contributed by atoms with Crippen molar-refractivity contribution in [1.29, 1.82) is 0 Å². The Hall–Kier alpha value is -2.70. The Bertz CT molecular complexity index is 1330. The number of nitrogens with zero attached hydrogens (tertiary/aromatic N) is 1. The number of hydrogen-bond acceptors (Lipinski definition) is 3. The van der Waals surface area contributed by atoms with E-state index in [2.05, 4.69) is 81.1 Å². The predicted molar refractivity (Wildman–Crippen MR) is 177 cm³/mol. The molecule has 5 heteroatoms. The van der Waals surface area contributed by atoms with Crippen molar-refractivity contribution in [2.45, 2.75) is 65.8 Å². The molecular formula is C36H43NO2P2. The highest BCUT2D eigenvalue weighted by atomic mass is 31.2. The molecule has 0 saturated heterocycles. The van der Waals surface area contributed by atoms with Gasteiger partial charge in [0.15, 0.2) is 14.3 Å². The lowest BCUT2D eigenvalue weighted by molar-refractivity contribution is 0.206. The Labute approximate surface area is 246 Å². The lowest BCUT2D eigenvalue weighted by Gasteiger charge is -2.39. The van der Waals surface area contributed by atoms with Crippen LogP contribution in [0.5, 0.6) is 0 Å². The first-order valence-corrected chi connectivity index (χ1v) is 18.7. The third-order valence-corrected chi connectivity index (χ3v) is 14.7. The van der Waals surface area contributed by atoms with Crippen LogP contribution in [0, 0.1) is 27.7 Å². The van der Waals surface area contributed by atoms with E-state index in [0.717, 1.165) is 69.2 Å². The Morgan fingerprint density at radius 1 is 0.488 bits per heavy atom. The van der Waals surface area contributed by atoms with Crippen molar-refractivity contribution in [2.75, 3.05) is 12.6 Å². The lowest BCUT2D eigenvalue weighted by atomic mass is 9.95. The molecule has 5 rings (SSSR count). The Balaban J connectivity index is 1.63. The summed E-state index contributed by atoms with van der Waals surface area (Å²) < 4.78 is 30.8. The molecule has 0 atom stereocenters. The quantitative estimate of drug-likeness (QED) is 0.189. The molecule has 41 heavy (non-hydrogen) atoms. The summed E-state index contributed by atoms with van der Waals surface area (Å²) in [5.41, 5.74) is 4.60. The maximum atomic E-state index is 15.4. The highest BCUT2D eigenvalue weighted by Crippen LogP contribution is 2.50. The number of aryl methyl sites for hydroxylation is 4. The second kappa shape index (κ2) is 12.7. The second-order valence-corrected chi connectivity index (χ2v) is 17.6. The molecule has 0 aromatic heterocycles. The summed E-state index contributed by atoms with van der Waals surface area (Å²) in [4.78, 5) is 2.36. The second-order valence-electron chi connectivity index (χ2n) is 12.0. The molecular weight excluding hydrogens is 540 g/mol. The minimum Gasteiger partial charge on any atom is -0.312 e. The molecule has 0 bridgehead atoms. The summed E-state index contributed by atoms with van der Waals surface area (Å²) >= 11 is 0. The number of benzene rings is 4. The van der Waals surface area contributed by atoms with Gasteiger partial charge >= 0.3 is 0 Å². The summed E-state index contributed by atoms with van der Waals surface area (Å²) in [5, 5.41) is 3.48. The average Bonchev–Trinajstić information content (AvgIpc) is 2.98. The van der Waals surface area contributed by atoms with Crippen LogP contribution >= 0.6 is 14.3 Å². The van der Waals surface area contributed by atoms with Gasteiger partial charge in [-0.1, -0.05) is 139 Å². The van der Waals surface area contributed by atoms with Crippen LogP contribution in [0.4, 0.5) is 0 Å². The van der Waals surface area contributed by atoms with Crippen LogP contribution in [0.25, 0.3) is 0 Å². The molecule has 3 nitrogen and oxygen atoms in total. The van der Waals surface area contributed by atoms with Gasteiger partial charge in [0.25, 0.3) is 0 Å².